The normalized spacial score (nSPS) is 11.5. The zero-order valence-corrected chi connectivity index (χ0v) is 15.5. The third-order valence-corrected chi connectivity index (χ3v) is 5.14. The van der Waals surface area contributed by atoms with Gasteiger partial charge >= 0.3 is 0 Å². The van der Waals surface area contributed by atoms with Crippen molar-refractivity contribution in [2.24, 2.45) is 0 Å². The van der Waals surface area contributed by atoms with E-state index in [0.717, 1.165) is 11.3 Å². The van der Waals surface area contributed by atoms with Crippen LogP contribution in [0.2, 0.25) is 10.0 Å². The lowest BCUT2D eigenvalue weighted by Crippen LogP contribution is -2.01. The molecule has 3 aromatic rings. The van der Waals surface area contributed by atoms with Gasteiger partial charge in [-0.25, -0.2) is 0 Å². The minimum absolute atomic E-state index is 0.0229. The fourth-order valence-electron chi connectivity index (χ4n) is 2.23. The summed E-state index contributed by atoms with van der Waals surface area (Å²) in [6.07, 6.45) is 3.71. The van der Waals surface area contributed by atoms with E-state index < -0.39 is 0 Å². The van der Waals surface area contributed by atoms with Gasteiger partial charge in [-0.05, 0) is 60.2 Å². The molecule has 2 nitrogen and oxygen atoms in total. The van der Waals surface area contributed by atoms with Crippen LogP contribution in [0.4, 0.5) is 0 Å². The molecule has 5 heteroatoms. The number of rotatable bonds is 6. The number of aromatic amines is 1. The first-order valence-corrected chi connectivity index (χ1v) is 9.38. The third kappa shape index (κ3) is 5.02. The van der Waals surface area contributed by atoms with E-state index >= 15 is 0 Å². The molecule has 0 bridgehead atoms. The van der Waals surface area contributed by atoms with Gasteiger partial charge in [0.2, 0.25) is 0 Å². The minimum Gasteiger partial charge on any atom is -0.362 e. The van der Waals surface area contributed by atoms with Crippen molar-refractivity contribution in [1.29, 1.82) is 0 Å². The maximum Gasteiger partial charge on any atom is 0.199 e. The number of Topliss-reactive ketones (excluding diaryl/α,β-unsaturated/α-hetero) is 1. The van der Waals surface area contributed by atoms with Gasteiger partial charge in [0.15, 0.2) is 5.78 Å². The predicted octanol–water partition coefficient (Wildman–Crippen LogP) is 6.48. The summed E-state index contributed by atoms with van der Waals surface area (Å²) in [4.78, 5) is 16.7. The van der Waals surface area contributed by atoms with Crippen LogP contribution in [-0.4, -0.2) is 10.8 Å². The molecule has 0 atom stereocenters. The summed E-state index contributed by atoms with van der Waals surface area (Å²) in [5, 5.41) is 1.31. The molecule has 0 saturated heterocycles. The number of H-pyrrole nitrogens is 1. The predicted molar refractivity (Wildman–Crippen MR) is 107 cm³/mol. The lowest BCUT2D eigenvalue weighted by atomic mass is 10.1. The van der Waals surface area contributed by atoms with Gasteiger partial charge in [0.25, 0.3) is 0 Å². The Hall–Kier alpha value is -1.94. The topological polar surface area (TPSA) is 32.9 Å². The number of allylic oxidation sites excluding steroid dienone is 1. The van der Waals surface area contributed by atoms with Crippen LogP contribution in [0.25, 0.3) is 6.08 Å². The van der Waals surface area contributed by atoms with Gasteiger partial charge < -0.3 is 4.98 Å². The number of aromatic nitrogens is 1. The monoisotopic (exact) mass is 387 g/mol. The second-order valence-electron chi connectivity index (χ2n) is 5.39. The first-order valence-electron chi connectivity index (χ1n) is 7.64. The molecule has 2 aromatic carbocycles. The first kappa shape index (κ1) is 17.9. The molecule has 0 aliphatic carbocycles. The summed E-state index contributed by atoms with van der Waals surface area (Å²) in [7, 11) is 0. The maximum absolute atomic E-state index is 12.9. The van der Waals surface area contributed by atoms with Crippen molar-refractivity contribution >= 4 is 46.8 Å². The van der Waals surface area contributed by atoms with Crippen LogP contribution in [0.3, 0.4) is 0 Å². The van der Waals surface area contributed by atoms with Crippen LogP contribution < -0.4 is 0 Å². The number of hydrogen-bond acceptors (Lipinski definition) is 2. The quantitative estimate of drug-likeness (QED) is 0.387. The fourth-order valence-corrected chi connectivity index (χ4v) is 3.46. The Morgan fingerprint density at radius 2 is 1.60 bits per heavy atom. The Morgan fingerprint density at radius 1 is 0.960 bits per heavy atom. The molecule has 1 aromatic heterocycles. The van der Waals surface area contributed by atoms with Gasteiger partial charge in [0.1, 0.15) is 0 Å². The summed E-state index contributed by atoms with van der Waals surface area (Å²) in [5.74, 6) is 0.661. The molecule has 25 heavy (non-hydrogen) atoms. The van der Waals surface area contributed by atoms with E-state index in [9.17, 15) is 4.79 Å². The highest BCUT2D eigenvalue weighted by Crippen LogP contribution is 2.28. The average molecular weight is 388 g/mol. The van der Waals surface area contributed by atoms with Crippen LogP contribution in [0, 0.1) is 0 Å². The van der Waals surface area contributed by atoms with Crippen LogP contribution in [0.15, 0.2) is 71.8 Å². The van der Waals surface area contributed by atoms with Crippen molar-refractivity contribution in [2.45, 2.75) is 5.75 Å². The number of thioether (sulfide) groups is 1. The highest BCUT2D eigenvalue weighted by atomic mass is 35.5. The second kappa shape index (κ2) is 8.43. The second-order valence-corrected chi connectivity index (χ2v) is 7.28. The molecular formula is C20H15Cl2NOS. The van der Waals surface area contributed by atoms with Crippen LogP contribution in [0.5, 0.6) is 0 Å². The number of halogens is 2. The van der Waals surface area contributed by atoms with Gasteiger partial charge in [-0.2, -0.15) is 0 Å². The van der Waals surface area contributed by atoms with Gasteiger partial charge in [-0.1, -0.05) is 35.3 Å². The van der Waals surface area contributed by atoms with E-state index in [2.05, 4.69) is 4.98 Å². The van der Waals surface area contributed by atoms with Crippen LogP contribution >= 0.6 is 35.0 Å². The number of nitrogens with one attached hydrogen (secondary N) is 1. The molecule has 3 rings (SSSR count). The van der Waals surface area contributed by atoms with E-state index in [4.69, 9.17) is 23.2 Å². The van der Waals surface area contributed by atoms with Crippen molar-refractivity contribution in [3.05, 3.63) is 98.6 Å². The standard InChI is InChI=1S/C20H15Cl2NOS/c21-16-7-3-14(4-8-16)13-25-19(12-18-2-1-11-23-18)20(24)15-5-9-17(22)10-6-15/h1-12,23H,13H2. The smallest absolute Gasteiger partial charge is 0.199 e. The zero-order valence-electron chi connectivity index (χ0n) is 13.2. The highest BCUT2D eigenvalue weighted by molar-refractivity contribution is 8.03. The van der Waals surface area contributed by atoms with Crippen molar-refractivity contribution < 1.29 is 4.79 Å². The summed E-state index contributed by atoms with van der Waals surface area (Å²) in [5.41, 5.74) is 2.61. The molecule has 0 spiro atoms. The Kier molecular flexibility index (Phi) is 6.03. The number of carbonyl (C=O) groups excluding carboxylic acids is 1. The van der Waals surface area contributed by atoms with Crippen molar-refractivity contribution in [3.63, 3.8) is 0 Å². The lowest BCUT2D eigenvalue weighted by molar-refractivity contribution is 0.104. The van der Waals surface area contributed by atoms with E-state index in [-0.39, 0.29) is 5.78 Å². The number of hydrogen-bond donors (Lipinski definition) is 1. The molecule has 1 heterocycles. The molecule has 0 unspecified atom stereocenters. The highest BCUT2D eigenvalue weighted by Gasteiger charge is 2.14. The van der Waals surface area contributed by atoms with Gasteiger partial charge in [-0.15, -0.1) is 11.8 Å². The summed E-state index contributed by atoms with van der Waals surface area (Å²) >= 11 is 13.3. The molecule has 0 amide bonds. The lowest BCUT2D eigenvalue weighted by Gasteiger charge is -2.07. The fraction of sp³-hybridized carbons (Fsp3) is 0.0500. The van der Waals surface area contributed by atoms with E-state index in [1.54, 1.807) is 24.3 Å². The Bertz CT molecular complexity index is 869. The molecule has 0 fully saturated rings. The Morgan fingerprint density at radius 3 is 2.20 bits per heavy atom. The van der Waals surface area contributed by atoms with Gasteiger partial charge in [0.05, 0.1) is 4.91 Å². The molecule has 1 N–H and O–H groups in total. The molecule has 0 aliphatic heterocycles. The van der Waals surface area contributed by atoms with Gasteiger partial charge in [0, 0.05) is 33.3 Å². The third-order valence-electron chi connectivity index (χ3n) is 3.55. The Balaban J connectivity index is 1.83. The number of carbonyl (C=O) groups is 1. The zero-order chi connectivity index (χ0) is 17.6. The summed E-state index contributed by atoms with van der Waals surface area (Å²) in [6.45, 7) is 0. The van der Waals surface area contributed by atoms with E-state index in [1.807, 2.05) is 48.7 Å². The molecular weight excluding hydrogens is 373 g/mol. The maximum atomic E-state index is 12.9. The average Bonchev–Trinajstić information content (AvgIpc) is 3.13. The number of benzene rings is 2. The van der Waals surface area contributed by atoms with Crippen LogP contribution in [-0.2, 0) is 5.75 Å². The van der Waals surface area contributed by atoms with E-state index in [0.29, 0.717) is 26.3 Å². The Labute approximate surface area is 160 Å². The molecule has 0 radical (unpaired) electrons. The largest absolute Gasteiger partial charge is 0.362 e. The minimum atomic E-state index is -0.0229. The van der Waals surface area contributed by atoms with Crippen LogP contribution in [0.1, 0.15) is 21.6 Å². The number of ketones is 1. The molecule has 126 valence electrons. The van der Waals surface area contributed by atoms with Gasteiger partial charge in [-0.3, -0.25) is 4.79 Å². The first-order chi connectivity index (χ1) is 12.1. The molecule has 0 aliphatic rings. The molecule has 0 saturated carbocycles. The summed E-state index contributed by atoms with van der Waals surface area (Å²) < 4.78 is 0. The van der Waals surface area contributed by atoms with Crippen molar-refractivity contribution in [1.82, 2.24) is 4.98 Å². The van der Waals surface area contributed by atoms with E-state index in [1.165, 1.54) is 11.8 Å². The summed E-state index contributed by atoms with van der Waals surface area (Å²) in [6, 6.07) is 18.4. The SMILES string of the molecule is O=C(C(=Cc1ccc[nH]1)SCc1ccc(Cl)cc1)c1ccc(Cl)cc1. The van der Waals surface area contributed by atoms with Crippen molar-refractivity contribution in [2.75, 3.05) is 0 Å². The van der Waals surface area contributed by atoms with Crippen molar-refractivity contribution in [3.8, 4) is 0 Å².